The molecule has 0 N–H and O–H groups in total. The second-order valence-corrected chi connectivity index (χ2v) is 5.15. The monoisotopic (exact) mass is 250 g/mol. The summed E-state index contributed by atoms with van der Waals surface area (Å²) in [7, 11) is 0. The molecule has 1 saturated carbocycles. The van der Waals surface area contributed by atoms with Gasteiger partial charge >= 0.3 is 11.1 Å². The fourth-order valence-electron chi connectivity index (χ4n) is 2.22. The Bertz CT molecular complexity index is 497. The van der Waals surface area contributed by atoms with Crippen molar-refractivity contribution in [1.29, 1.82) is 0 Å². The van der Waals surface area contributed by atoms with Gasteiger partial charge in [0.2, 0.25) is 0 Å². The molecule has 18 heavy (non-hydrogen) atoms. The third kappa shape index (κ3) is 3.12. The largest absolute Gasteiger partial charge is 0.316 e. The second-order valence-electron chi connectivity index (χ2n) is 5.15. The molecule has 0 atom stereocenters. The Labute approximate surface area is 107 Å². The van der Waals surface area contributed by atoms with Crippen LogP contribution in [0.5, 0.6) is 0 Å². The van der Waals surface area contributed by atoms with Crippen LogP contribution >= 0.6 is 0 Å². The molecule has 0 saturated heterocycles. The lowest BCUT2D eigenvalue weighted by atomic mass is 10.1. The number of hydrogen-bond donors (Lipinski definition) is 0. The van der Waals surface area contributed by atoms with Crippen LogP contribution in [-0.2, 0) is 6.54 Å². The SMILES string of the molecule is CCCCCCCn1ccn(C2CC2)c(=O)c1=O. The highest BCUT2D eigenvalue weighted by atomic mass is 16.2. The highest BCUT2D eigenvalue weighted by molar-refractivity contribution is 4.93. The Hall–Kier alpha value is -1.32. The zero-order valence-corrected chi connectivity index (χ0v) is 11.1. The molecule has 1 heterocycles. The Morgan fingerprint density at radius 3 is 2.44 bits per heavy atom. The summed E-state index contributed by atoms with van der Waals surface area (Å²) >= 11 is 0. The summed E-state index contributed by atoms with van der Waals surface area (Å²) in [6, 6.07) is 0.282. The molecule has 0 bridgehead atoms. The quantitative estimate of drug-likeness (QED) is 0.550. The van der Waals surface area contributed by atoms with Crippen LogP contribution < -0.4 is 11.1 Å². The first kappa shape index (κ1) is 13.1. The highest BCUT2D eigenvalue weighted by Gasteiger charge is 2.25. The van der Waals surface area contributed by atoms with Gasteiger partial charge in [0, 0.05) is 25.0 Å². The molecule has 0 aromatic carbocycles. The van der Waals surface area contributed by atoms with Crippen molar-refractivity contribution in [3.63, 3.8) is 0 Å². The van der Waals surface area contributed by atoms with Gasteiger partial charge < -0.3 is 9.13 Å². The van der Waals surface area contributed by atoms with Crippen molar-refractivity contribution in [3.8, 4) is 0 Å². The van der Waals surface area contributed by atoms with E-state index in [9.17, 15) is 9.59 Å². The minimum atomic E-state index is -0.361. The lowest BCUT2D eigenvalue weighted by molar-refractivity contribution is 0.542. The minimum absolute atomic E-state index is 0.282. The molecule has 0 unspecified atom stereocenters. The summed E-state index contributed by atoms with van der Waals surface area (Å²) in [5.74, 6) is 0. The summed E-state index contributed by atoms with van der Waals surface area (Å²) in [6.45, 7) is 2.85. The van der Waals surface area contributed by atoms with E-state index in [0.717, 1.165) is 25.7 Å². The van der Waals surface area contributed by atoms with Gasteiger partial charge in [-0.2, -0.15) is 0 Å². The molecule has 1 aromatic heterocycles. The van der Waals surface area contributed by atoms with Gasteiger partial charge in [0.25, 0.3) is 0 Å². The molecule has 4 heteroatoms. The van der Waals surface area contributed by atoms with Gasteiger partial charge in [-0.25, -0.2) is 0 Å². The van der Waals surface area contributed by atoms with Crippen molar-refractivity contribution >= 4 is 0 Å². The van der Waals surface area contributed by atoms with Gasteiger partial charge in [-0.3, -0.25) is 9.59 Å². The smallest absolute Gasteiger partial charge is 0.309 e. The maximum absolute atomic E-state index is 11.9. The topological polar surface area (TPSA) is 44.0 Å². The van der Waals surface area contributed by atoms with Crippen LogP contribution in [0.2, 0.25) is 0 Å². The van der Waals surface area contributed by atoms with Crippen molar-refractivity contribution in [2.75, 3.05) is 0 Å². The Morgan fingerprint density at radius 1 is 1.06 bits per heavy atom. The van der Waals surface area contributed by atoms with Crippen LogP contribution in [0.1, 0.15) is 57.9 Å². The van der Waals surface area contributed by atoms with E-state index in [2.05, 4.69) is 6.92 Å². The third-order valence-electron chi connectivity index (χ3n) is 3.53. The summed E-state index contributed by atoms with van der Waals surface area (Å²) < 4.78 is 3.16. The van der Waals surface area contributed by atoms with E-state index in [1.165, 1.54) is 19.3 Å². The zero-order valence-electron chi connectivity index (χ0n) is 11.1. The van der Waals surface area contributed by atoms with Crippen LogP contribution in [0.15, 0.2) is 22.0 Å². The molecule has 0 amide bonds. The van der Waals surface area contributed by atoms with E-state index in [-0.39, 0.29) is 17.2 Å². The Morgan fingerprint density at radius 2 is 1.78 bits per heavy atom. The summed E-state index contributed by atoms with van der Waals surface area (Å²) in [5.41, 5.74) is -0.714. The van der Waals surface area contributed by atoms with E-state index < -0.39 is 0 Å². The van der Waals surface area contributed by atoms with Crippen LogP contribution in [0.25, 0.3) is 0 Å². The molecule has 2 rings (SSSR count). The van der Waals surface area contributed by atoms with E-state index in [1.54, 1.807) is 21.5 Å². The van der Waals surface area contributed by atoms with Crippen molar-refractivity contribution in [1.82, 2.24) is 9.13 Å². The van der Waals surface area contributed by atoms with Crippen molar-refractivity contribution in [2.24, 2.45) is 0 Å². The second kappa shape index (κ2) is 6.03. The molecule has 0 aliphatic heterocycles. The molecule has 1 aliphatic carbocycles. The van der Waals surface area contributed by atoms with Crippen LogP contribution in [-0.4, -0.2) is 9.13 Å². The number of hydrogen-bond acceptors (Lipinski definition) is 2. The summed E-state index contributed by atoms with van der Waals surface area (Å²) in [5, 5.41) is 0. The van der Waals surface area contributed by atoms with E-state index in [1.807, 2.05) is 0 Å². The van der Waals surface area contributed by atoms with Gasteiger partial charge in [0.1, 0.15) is 0 Å². The molecule has 4 nitrogen and oxygen atoms in total. The number of aromatic nitrogens is 2. The number of aryl methyl sites for hydroxylation is 1. The van der Waals surface area contributed by atoms with Crippen molar-refractivity contribution < 1.29 is 0 Å². The molecule has 1 aromatic rings. The van der Waals surface area contributed by atoms with Gasteiger partial charge in [-0.1, -0.05) is 32.6 Å². The maximum atomic E-state index is 11.9. The first-order valence-corrected chi connectivity index (χ1v) is 7.05. The van der Waals surface area contributed by atoms with Gasteiger partial charge in [0.15, 0.2) is 0 Å². The maximum Gasteiger partial charge on any atom is 0.316 e. The minimum Gasteiger partial charge on any atom is -0.309 e. The Balaban J connectivity index is 1.95. The average Bonchev–Trinajstić information content (AvgIpc) is 3.18. The van der Waals surface area contributed by atoms with E-state index in [0.29, 0.717) is 6.54 Å². The molecular formula is C14H22N2O2. The lowest BCUT2D eigenvalue weighted by Crippen LogP contribution is -2.40. The standard InChI is InChI=1S/C14H22N2O2/c1-2-3-4-5-6-9-15-10-11-16(12-7-8-12)14(18)13(15)17/h10-12H,2-9H2,1H3. The molecule has 1 aliphatic rings. The molecular weight excluding hydrogens is 228 g/mol. The summed E-state index contributed by atoms with van der Waals surface area (Å²) in [4.78, 5) is 23.7. The highest BCUT2D eigenvalue weighted by Crippen LogP contribution is 2.32. The van der Waals surface area contributed by atoms with E-state index in [4.69, 9.17) is 0 Å². The fourth-order valence-corrected chi connectivity index (χ4v) is 2.22. The third-order valence-corrected chi connectivity index (χ3v) is 3.53. The predicted molar refractivity (Wildman–Crippen MR) is 72.0 cm³/mol. The van der Waals surface area contributed by atoms with Crippen molar-refractivity contribution in [3.05, 3.63) is 33.1 Å². The molecule has 1 fully saturated rings. The lowest BCUT2D eigenvalue weighted by Gasteiger charge is -2.07. The normalized spacial score (nSPS) is 14.9. The Kier molecular flexibility index (Phi) is 4.39. The predicted octanol–water partition coefficient (Wildman–Crippen LogP) is 2.32. The molecule has 0 radical (unpaired) electrons. The number of rotatable bonds is 7. The first-order chi connectivity index (χ1) is 8.74. The number of nitrogens with zero attached hydrogens (tertiary/aromatic N) is 2. The van der Waals surface area contributed by atoms with E-state index >= 15 is 0 Å². The number of unbranched alkanes of at least 4 members (excludes halogenated alkanes) is 4. The molecule has 100 valence electrons. The van der Waals surface area contributed by atoms with Crippen molar-refractivity contribution in [2.45, 2.75) is 64.5 Å². The van der Waals surface area contributed by atoms with Crippen LogP contribution in [0, 0.1) is 0 Å². The zero-order chi connectivity index (χ0) is 13.0. The van der Waals surface area contributed by atoms with Crippen LogP contribution in [0.3, 0.4) is 0 Å². The average molecular weight is 250 g/mol. The van der Waals surface area contributed by atoms with Gasteiger partial charge in [-0.15, -0.1) is 0 Å². The van der Waals surface area contributed by atoms with Gasteiger partial charge in [-0.05, 0) is 19.3 Å². The fraction of sp³-hybridized carbons (Fsp3) is 0.714. The van der Waals surface area contributed by atoms with Gasteiger partial charge in [0.05, 0.1) is 0 Å². The summed E-state index contributed by atoms with van der Waals surface area (Å²) in [6.07, 6.45) is 11.4. The molecule has 0 spiro atoms. The first-order valence-electron chi connectivity index (χ1n) is 7.05. The van der Waals surface area contributed by atoms with Crippen LogP contribution in [0.4, 0.5) is 0 Å².